The van der Waals surface area contributed by atoms with Crippen molar-refractivity contribution in [3.05, 3.63) is 29.6 Å². The van der Waals surface area contributed by atoms with Crippen molar-refractivity contribution in [1.29, 1.82) is 0 Å². The number of aliphatic hydroxyl groups is 1. The van der Waals surface area contributed by atoms with Crippen molar-refractivity contribution in [3.63, 3.8) is 0 Å². The standard InChI is InChI=1S/C11H13Cl2FO2/c1-6(2)16-9-5-7(3-4-8(9)14)10(15)11(12)13/h3-6,10-11,15H,1-2H3. The Labute approximate surface area is 104 Å². The largest absolute Gasteiger partial charge is 0.488 e. The number of hydrogen-bond donors (Lipinski definition) is 1. The second-order valence-electron chi connectivity index (χ2n) is 3.64. The molecule has 0 aliphatic heterocycles. The molecule has 0 bridgehead atoms. The van der Waals surface area contributed by atoms with Crippen LogP contribution in [0.25, 0.3) is 0 Å². The van der Waals surface area contributed by atoms with E-state index in [-0.39, 0.29) is 11.9 Å². The Bertz CT molecular complexity index is 356. The Hall–Kier alpha value is -0.510. The lowest BCUT2D eigenvalue weighted by atomic mass is 10.1. The summed E-state index contributed by atoms with van der Waals surface area (Å²) < 4.78 is 18.6. The summed E-state index contributed by atoms with van der Waals surface area (Å²) in [4.78, 5) is -0.961. The molecule has 0 fully saturated rings. The highest BCUT2D eigenvalue weighted by Gasteiger charge is 2.18. The van der Waals surface area contributed by atoms with Gasteiger partial charge >= 0.3 is 0 Å². The van der Waals surface area contributed by atoms with Gasteiger partial charge in [-0.05, 0) is 31.5 Å². The van der Waals surface area contributed by atoms with Crippen molar-refractivity contribution in [2.24, 2.45) is 0 Å². The highest BCUT2D eigenvalue weighted by Crippen LogP contribution is 2.28. The molecule has 1 rings (SSSR count). The first-order chi connectivity index (χ1) is 7.41. The van der Waals surface area contributed by atoms with Crippen LogP contribution in [0.4, 0.5) is 4.39 Å². The molecule has 0 spiro atoms. The minimum absolute atomic E-state index is 0.0838. The number of benzene rings is 1. The summed E-state index contributed by atoms with van der Waals surface area (Å²) in [6.45, 7) is 3.57. The van der Waals surface area contributed by atoms with Crippen LogP contribution in [-0.2, 0) is 0 Å². The molecule has 0 saturated heterocycles. The van der Waals surface area contributed by atoms with Crippen LogP contribution in [0, 0.1) is 5.82 Å². The van der Waals surface area contributed by atoms with Crippen molar-refractivity contribution >= 4 is 23.2 Å². The molecule has 2 nitrogen and oxygen atoms in total. The first-order valence-corrected chi connectivity index (χ1v) is 5.71. The summed E-state index contributed by atoms with van der Waals surface area (Å²) in [6.07, 6.45) is -1.21. The Morgan fingerprint density at radius 2 is 1.94 bits per heavy atom. The summed E-state index contributed by atoms with van der Waals surface area (Å²) in [5, 5.41) is 9.61. The second-order valence-corrected chi connectivity index (χ2v) is 4.80. The zero-order chi connectivity index (χ0) is 12.3. The van der Waals surface area contributed by atoms with Crippen LogP contribution in [0.1, 0.15) is 25.5 Å². The van der Waals surface area contributed by atoms with E-state index in [2.05, 4.69) is 0 Å². The van der Waals surface area contributed by atoms with E-state index in [4.69, 9.17) is 27.9 Å². The lowest BCUT2D eigenvalue weighted by Crippen LogP contribution is -2.10. The van der Waals surface area contributed by atoms with E-state index in [9.17, 15) is 9.50 Å². The van der Waals surface area contributed by atoms with Gasteiger partial charge in [-0.1, -0.05) is 6.07 Å². The van der Waals surface area contributed by atoms with Gasteiger partial charge in [0.05, 0.1) is 6.10 Å². The molecule has 1 aromatic rings. The summed E-state index contributed by atoms with van der Waals surface area (Å²) in [5.74, 6) is -0.397. The van der Waals surface area contributed by atoms with E-state index in [0.717, 1.165) is 0 Å². The number of ether oxygens (including phenoxy) is 1. The van der Waals surface area contributed by atoms with Crippen molar-refractivity contribution in [3.8, 4) is 5.75 Å². The van der Waals surface area contributed by atoms with E-state index in [1.807, 2.05) is 0 Å². The average molecular weight is 267 g/mol. The molecule has 90 valence electrons. The van der Waals surface area contributed by atoms with Crippen molar-refractivity contribution < 1.29 is 14.2 Å². The van der Waals surface area contributed by atoms with Gasteiger partial charge in [0.2, 0.25) is 0 Å². The maximum absolute atomic E-state index is 13.3. The van der Waals surface area contributed by atoms with Crippen LogP contribution in [0.5, 0.6) is 5.75 Å². The van der Waals surface area contributed by atoms with Crippen molar-refractivity contribution in [2.45, 2.75) is 30.9 Å². The van der Waals surface area contributed by atoms with E-state index in [1.54, 1.807) is 13.8 Å². The van der Waals surface area contributed by atoms with Crippen LogP contribution in [0.2, 0.25) is 0 Å². The molecular weight excluding hydrogens is 254 g/mol. The number of aliphatic hydroxyl groups excluding tert-OH is 1. The smallest absolute Gasteiger partial charge is 0.165 e. The third-order valence-electron chi connectivity index (χ3n) is 1.90. The Kier molecular flexibility index (Phi) is 4.84. The molecule has 0 amide bonds. The monoisotopic (exact) mass is 266 g/mol. The molecule has 1 atom stereocenters. The van der Waals surface area contributed by atoms with E-state index < -0.39 is 16.8 Å². The molecule has 0 aliphatic rings. The topological polar surface area (TPSA) is 29.5 Å². The maximum atomic E-state index is 13.3. The zero-order valence-electron chi connectivity index (χ0n) is 8.95. The van der Waals surface area contributed by atoms with Gasteiger partial charge in [0.1, 0.15) is 10.9 Å². The third kappa shape index (κ3) is 3.51. The summed E-state index contributed by atoms with van der Waals surface area (Å²) in [7, 11) is 0. The van der Waals surface area contributed by atoms with Gasteiger partial charge in [0.15, 0.2) is 11.6 Å². The molecule has 5 heteroatoms. The SMILES string of the molecule is CC(C)Oc1cc(C(O)C(Cl)Cl)ccc1F. The van der Waals surface area contributed by atoms with Crippen LogP contribution >= 0.6 is 23.2 Å². The van der Waals surface area contributed by atoms with Crippen LogP contribution in [0.15, 0.2) is 18.2 Å². The second kappa shape index (κ2) is 5.71. The van der Waals surface area contributed by atoms with E-state index in [0.29, 0.717) is 5.56 Å². The highest BCUT2D eigenvalue weighted by atomic mass is 35.5. The number of rotatable bonds is 4. The number of halogens is 3. The number of alkyl halides is 2. The Balaban J connectivity index is 2.97. The molecule has 16 heavy (non-hydrogen) atoms. The van der Waals surface area contributed by atoms with Gasteiger partial charge < -0.3 is 9.84 Å². The van der Waals surface area contributed by atoms with Gasteiger partial charge in [-0.25, -0.2) is 4.39 Å². The first kappa shape index (κ1) is 13.6. The molecule has 0 heterocycles. The average Bonchev–Trinajstić information content (AvgIpc) is 2.19. The first-order valence-electron chi connectivity index (χ1n) is 4.84. The highest BCUT2D eigenvalue weighted by molar-refractivity contribution is 6.44. The lowest BCUT2D eigenvalue weighted by molar-refractivity contribution is 0.190. The fourth-order valence-electron chi connectivity index (χ4n) is 1.19. The third-order valence-corrected chi connectivity index (χ3v) is 2.38. The maximum Gasteiger partial charge on any atom is 0.165 e. The summed E-state index contributed by atoms with van der Waals surface area (Å²) >= 11 is 11.1. The molecular formula is C11H13Cl2FO2. The van der Waals surface area contributed by atoms with E-state index >= 15 is 0 Å². The van der Waals surface area contributed by atoms with Gasteiger partial charge in [0.25, 0.3) is 0 Å². The fraction of sp³-hybridized carbons (Fsp3) is 0.455. The number of hydrogen-bond acceptors (Lipinski definition) is 2. The molecule has 0 radical (unpaired) electrons. The van der Waals surface area contributed by atoms with Crippen molar-refractivity contribution in [1.82, 2.24) is 0 Å². The molecule has 1 aromatic carbocycles. The zero-order valence-corrected chi connectivity index (χ0v) is 10.5. The van der Waals surface area contributed by atoms with Gasteiger partial charge in [-0.3, -0.25) is 0 Å². The summed E-state index contributed by atoms with van der Waals surface area (Å²) in [6, 6.07) is 4.04. The minimum Gasteiger partial charge on any atom is -0.488 e. The van der Waals surface area contributed by atoms with Crippen molar-refractivity contribution in [2.75, 3.05) is 0 Å². The Morgan fingerprint density at radius 3 is 2.44 bits per heavy atom. The normalized spacial score (nSPS) is 13.2. The van der Waals surface area contributed by atoms with Crippen LogP contribution in [0.3, 0.4) is 0 Å². The van der Waals surface area contributed by atoms with Gasteiger partial charge in [-0.15, -0.1) is 23.2 Å². The molecule has 0 aliphatic carbocycles. The van der Waals surface area contributed by atoms with Crippen LogP contribution in [-0.4, -0.2) is 16.0 Å². The van der Waals surface area contributed by atoms with Crippen LogP contribution < -0.4 is 4.74 Å². The fourth-order valence-corrected chi connectivity index (χ4v) is 1.48. The van der Waals surface area contributed by atoms with Gasteiger partial charge in [-0.2, -0.15) is 0 Å². The predicted octanol–water partition coefficient (Wildman–Crippen LogP) is 3.45. The van der Waals surface area contributed by atoms with Gasteiger partial charge in [0, 0.05) is 0 Å². The predicted molar refractivity (Wildman–Crippen MR) is 62.6 cm³/mol. The summed E-state index contributed by atoms with van der Waals surface area (Å²) in [5.41, 5.74) is 0.423. The quantitative estimate of drug-likeness (QED) is 0.846. The lowest BCUT2D eigenvalue weighted by Gasteiger charge is -2.15. The minimum atomic E-state index is -1.06. The molecule has 0 aromatic heterocycles. The molecule has 0 saturated carbocycles. The Morgan fingerprint density at radius 1 is 1.31 bits per heavy atom. The van der Waals surface area contributed by atoms with E-state index in [1.165, 1.54) is 18.2 Å². The molecule has 1 unspecified atom stereocenters. The molecule has 1 N–H and O–H groups in total.